The molecule has 0 spiro atoms. The van der Waals surface area contributed by atoms with Crippen LogP contribution in [0.25, 0.3) is 0 Å². The molecule has 1 aromatic carbocycles. The molecule has 31 heavy (non-hydrogen) atoms. The van der Waals surface area contributed by atoms with Crippen molar-refractivity contribution in [2.24, 2.45) is 11.8 Å². The molecule has 0 amide bonds. The smallest absolute Gasteiger partial charge is 0.456 e. The number of benzene rings is 1. The zero-order valence-electron chi connectivity index (χ0n) is 17.9. The zero-order valence-corrected chi connectivity index (χ0v) is 18.9. The maximum Gasteiger partial charge on any atom is 0.456 e. The quantitative estimate of drug-likeness (QED) is 0.293. The highest BCUT2D eigenvalue weighted by molar-refractivity contribution is 6.58. The first-order valence-electron chi connectivity index (χ1n) is 11.3. The first kappa shape index (κ1) is 24.5. The Labute approximate surface area is 182 Å². The van der Waals surface area contributed by atoms with Crippen molar-refractivity contribution in [2.45, 2.75) is 88.0 Å². The van der Waals surface area contributed by atoms with Gasteiger partial charge in [0, 0.05) is 8.80 Å². The van der Waals surface area contributed by atoms with Gasteiger partial charge in [-0.3, -0.25) is 0 Å². The fourth-order valence-corrected chi connectivity index (χ4v) is 8.20. The fraction of sp³-hybridized carbons (Fsp3) is 0.739. The SMILES string of the molecule is CCC[Si]1CCC(C2CCC(c3ccc(OCC(F)(F)C(F)(F)F)c(F)c3)CC2)CC1. The number of rotatable bonds is 7. The molecule has 1 nitrogen and oxygen atoms in total. The molecule has 0 atom stereocenters. The molecule has 175 valence electrons. The molecular formula is C23H31F6OSi. The largest absolute Gasteiger partial charge is 0.484 e. The topological polar surface area (TPSA) is 9.23 Å². The highest BCUT2D eigenvalue weighted by Crippen LogP contribution is 2.44. The monoisotopic (exact) mass is 465 g/mol. The Morgan fingerprint density at radius 3 is 2.10 bits per heavy atom. The summed E-state index contributed by atoms with van der Waals surface area (Å²) in [6.07, 6.45) is 2.43. The van der Waals surface area contributed by atoms with Crippen LogP contribution in [0.4, 0.5) is 26.3 Å². The summed E-state index contributed by atoms with van der Waals surface area (Å²) in [7, 11) is -0.116. The van der Waals surface area contributed by atoms with E-state index < -0.39 is 30.3 Å². The van der Waals surface area contributed by atoms with Gasteiger partial charge < -0.3 is 4.74 Å². The van der Waals surface area contributed by atoms with Crippen LogP contribution in [0.5, 0.6) is 5.75 Å². The standard InChI is InChI=1S/C23H31F6OSi/c1-2-11-31-12-9-18(10-13-31)16-3-5-17(6-4-16)19-7-8-21(20(24)14-19)30-15-22(25,26)23(27,28)29/h7-8,14,16-18H,2-6,9-13,15H2,1H3. The van der Waals surface area contributed by atoms with Crippen molar-refractivity contribution in [2.75, 3.05) is 6.61 Å². The molecular weight excluding hydrogens is 434 g/mol. The highest BCUT2D eigenvalue weighted by atomic mass is 28.3. The minimum Gasteiger partial charge on any atom is -0.484 e. The minimum atomic E-state index is -5.72. The van der Waals surface area contributed by atoms with Crippen LogP contribution in [-0.4, -0.2) is 27.5 Å². The number of alkyl halides is 5. The Bertz CT molecular complexity index is 707. The lowest BCUT2D eigenvalue weighted by Gasteiger charge is -2.37. The van der Waals surface area contributed by atoms with E-state index in [0.717, 1.165) is 43.1 Å². The lowest BCUT2D eigenvalue weighted by atomic mass is 9.72. The summed E-state index contributed by atoms with van der Waals surface area (Å²) in [5, 5.41) is 0. The second-order valence-corrected chi connectivity index (χ2v) is 12.1. The minimum absolute atomic E-state index is 0.116. The van der Waals surface area contributed by atoms with E-state index in [4.69, 9.17) is 0 Å². The van der Waals surface area contributed by atoms with E-state index in [0.29, 0.717) is 0 Å². The van der Waals surface area contributed by atoms with Gasteiger partial charge in [0.2, 0.25) is 0 Å². The molecule has 0 aromatic heterocycles. The van der Waals surface area contributed by atoms with E-state index in [1.165, 1.54) is 49.5 Å². The third-order valence-corrected chi connectivity index (χ3v) is 10.2. The van der Waals surface area contributed by atoms with Gasteiger partial charge in [-0.1, -0.05) is 50.4 Å². The number of hydrogen-bond acceptors (Lipinski definition) is 1. The summed E-state index contributed by atoms with van der Waals surface area (Å²) >= 11 is 0. The summed E-state index contributed by atoms with van der Waals surface area (Å²) in [4.78, 5) is 0. The van der Waals surface area contributed by atoms with Gasteiger partial charge in [0.1, 0.15) is 0 Å². The van der Waals surface area contributed by atoms with Crippen LogP contribution >= 0.6 is 0 Å². The van der Waals surface area contributed by atoms with Crippen molar-refractivity contribution in [3.8, 4) is 5.75 Å². The van der Waals surface area contributed by atoms with Crippen molar-refractivity contribution in [1.29, 1.82) is 0 Å². The lowest BCUT2D eigenvalue weighted by molar-refractivity contribution is -0.290. The van der Waals surface area contributed by atoms with Gasteiger partial charge >= 0.3 is 12.1 Å². The molecule has 8 heteroatoms. The Hall–Kier alpha value is -1.18. The van der Waals surface area contributed by atoms with Gasteiger partial charge in [-0.25, -0.2) is 4.39 Å². The predicted molar refractivity (Wildman–Crippen MR) is 111 cm³/mol. The number of hydrogen-bond donors (Lipinski definition) is 0. The Morgan fingerprint density at radius 2 is 1.55 bits per heavy atom. The summed E-state index contributed by atoms with van der Waals surface area (Å²) in [6, 6.07) is 8.29. The maximum absolute atomic E-state index is 14.3. The summed E-state index contributed by atoms with van der Waals surface area (Å²) < 4.78 is 81.5. The van der Waals surface area contributed by atoms with Crippen molar-refractivity contribution >= 4 is 8.80 Å². The molecule has 1 saturated heterocycles. The van der Waals surface area contributed by atoms with Gasteiger partial charge in [-0.15, -0.1) is 0 Å². The van der Waals surface area contributed by atoms with Crippen molar-refractivity contribution < 1.29 is 31.1 Å². The molecule has 1 aliphatic heterocycles. The molecule has 1 aliphatic carbocycles. The van der Waals surface area contributed by atoms with Gasteiger partial charge in [0.15, 0.2) is 18.2 Å². The van der Waals surface area contributed by atoms with Crippen LogP contribution in [0.2, 0.25) is 18.1 Å². The third-order valence-electron chi connectivity index (χ3n) is 7.03. The van der Waals surface area contributed by atoms with Gasteiger partial charge in [-0.05, 0) is 61.1 Å². The van der Waals surface area contributed by atoms with Gasteiger partial charge in [0.05, 0.1) is 0 Å². The molecule has 3 rings (SSSR count). The molecule has 1 radical (unpaired) electrons. The average molecular weight is 466 g/mol. The number of halogens is 6. The molecule has 0 N–H and O–H groups in total. The van der Waals surface area contributed by atoms with Crippen LogP contribution in [0.1, 0.15) is 63.4 Å². The second kappa shape index (κ2) is 10.2. The Balaban J connectivity index is 1.50. The van der Waals surface area contributed by atoms with E-state index in [2.05, 4.69) is 11.7 Å². The van der Waals surface area contributed by atoms with Crippen molar-refractivity contribution in [3.05, 3.63) is 29.6 Å². The van der Waals surface area contributed by atoms with E-state index in [-0.39, 0.29) is 14.7 Å². The van der Waals surface area contributed by atoms with Crippen LogP contribution in [0.3, 0.4) is 0 Å². The number of ether oxygens (including phenoxy) is 1. The van der Waals surface area contributed by atoms with Crippen LogP contribution < -0.4 is 4.74 Å². The molecule has 0 unspecified atom stereocenters. The summed E-state index contributed by atoms with van der Waals surface area (Å²) in [5.41, 5.74) is 0.767. The van der Waals surface area contributed by atoms with E-state index in [9.17, 15) is 26.3 Å². The van der Waals surface area contributed by atoms with E-state index >= 15 is 0 Å². The fourth-order valence-electron chi connectivity index (χ4n) is 5.19. The first-order valence-corrected chi connectivity index (χ1v) is 13.4. The lowest BCUT2D eigenvalue weighted by Crippen LogP contribution is -2.41. The maximum atomic E-state index is 14.3. The highest BCUT2D eigenvalue weighted by Gasteiger charge is 2.58. The Morgan fingerprint density at radius 1 is 0.935 bits per heavy atom. The average Bonchev–Trinajstić information content (AvgIpc) is 2.73. The zero-order chi connectivity index (χ0) is 22.6. The van der Waals surface area contributed by atoms with Crippen LogP contribution in [-0.2, 0) is 0 Å². The first-order chi connectivity index (χ1) is 14.6. The molecule has 2 fully saturated rings. The molecule has 1 heterocycles. The Kier molecular flexibility index (Phi) is 8.03. The van der Waals surface area contributed by atoms with Crippen LogP contribution in [0, 0.1) is 17.7 Å². The normalized spacial score (nSPS) is 24.4. The third kappa shape index (κ3) is 6.20. The van der Waals surface area contributed by atoms with E-state index in [1.807, 2.05) is 0 Å². The molecule has 0 bridgehead atoms. The summed E-state index contributed by atoms with van der Waals surface area (Å²) in [6.45, 7) is 0.338. The van der Waals surface area contributed by atoms with Gasteiger partial charge in [0.25, 0.3) is 0 Å². The van der Waals surface area contributed by atoms with E-state index in [1.54, 1.807) is 6.07 Å². The molecule has 2 aliphatic rings. The molecule has 1 saturated carbocycles. The second-order valence-electron chi connectivity index (χ2n) is 9.13. The van der Waals surface area contributed by atoms with Crippen molar-refractivity contribution in [3.63, 3.8) is 0 Å². The van der Waals surface area contributed by atoms with Gasteiger partial charge in [-0.2, -0.15) is 22.0 Å². The molecule has 1 aromatic rings. The van der Waals surface area contributed by atoms with Crippen LogP contribution in [0.15, 0.2) is 18.2 Å². The summed E-state index contributed by atoms with van der Waals surface area (Å²) in [5.74, 6) is -4.75. The predicted octanol–water partition coefficient (Wildman–Crippen LogP) is 7.99. The van der Waals surface area contributed by atoms with Crippen molar-refractivity contribution in [1.82, 2.24) is 0 Å².